The lowest BCUT2D eigenvalue weighted by atomic mass is 9.89. The van der Waals surface area contributed by atoms with E-state index in [0.717, 1.165) is 68.0 Å². The average Bonchev–Trinajstić information content (AvgIpc) is 3.63. The molecule has 0 radical (unpaired) electrons. The van der Waals surface area contributed by atoms with Crippen molar-refractivity contribution in [3.8, 4) is 0 Å². The Morgan fingerprint density at radius 1 is 0.857 bits per heavy atom. The van der Waals surface area contributed by atoms with E-state index in [1.807, 2.05) is 0 Å². The van der Waals surface area contributed by atoms with E-state index in [-0.39, 0.29) is 5.41 Å². The fourth-order valence-corrected chi connectivity index (χ4v) is 6.98. The number of para-hydroxylation sites is 1. The van der Waals surface area contributed by atoms with Gasteiger partial charge in [-0.2, -0.15) is 0 Å². The predicted molar refractivity (Wildman–Crippen MR) is 178 cm³/mol. The van der Waals surface area contributed by atoms with Crippen LogP contribution in [0.4, 0.5) is 0 Å². The molecule has 1 aliphatic rings. The zero-order chi connectivity index (χ0) is 29.1. The van der Waals surface area contributed by atoms with Crippen LogP contribution in [0.2, 0.25) is 0 Å². The molecule has 0 saturated heterocycles. The average molecular weight is 561 g/mol. The molecule has 3 aromatic carbocycles. The third-order valence-corrected chi connectivity index (χ3v) is 9.14. The molecular weight excluding hydrogens is 512 g/mol. The Hall–Kier alpha value is -3.24. The summed E-state index contributed by atoms with van der Waals surface area (Å²) in [5.41, 5.74) is 7.40. The van der Waals surface area contributed by atoms with Crippen molar-refractivity contribution >= 4 is 32.7 Å². The second-order valence-corrected chi connectivity index (χ2v) is 13.8. The maximum atomic E-state index is 5.35. The summed E-state index contributed by atoms with van der Waals surface area (Å²) in [6.45, 7) is 12.0. The molecule has 1 fully saturated rings. The van der Waals surface area contributed by atoms with Crippen molar-refractivity contribution in [1.82, 2.24) is 19.9 Å². The molecule has 2 aromatic heterocycles. The van der Waals surface area contributed by atoms with Crippen LogP contribution in [-0.2, 0) is 25.9 Å². The second kappa shape index (κ2) is 12.6. The number of aromatic nitrogens is 3. The molecule has 4 nitrogen and oxygen atoms in total. The van der Waals surface area contributed by atoms with Crippen LogP contribution in [0.15, 0.2) is 60.7 Å². The maximum Gasteiger partial charge on any atom is 0.111 e. The molecule has 0 atom stereocenters. The van der Waals surface area contributed by atoms with Crippen molar-refractivity contribution in [3.05, 3.63) is 83.3 Å². The highest BCUT2D eigenvalue weighted by Gasteiger charge is 2.22. The van der Waals surface area contributed by atoms with Crippen molar-refractivity contribution in [3.63, 3.8) is 0 Å². The summed E-state index contributed by atoms with van der Waals surface area (Å²) in [6.07, 6.45) is 11.2. The van der Waals surface area contributed by atoms with Gasteiger partial charge < -0.3 is 9.88 Å². The van der Waals surface area contributed by atoms with Gasteiger partial charge in [0, 0.05) is 24.9 Å². The van der Waals surface area contributed by atoms with E-state index < -0.39 is 0 Å². The Morgan fingerprint density at radius 3 is 2.29 bits per heavy atom. The molecule has 2 heterocycles. The Balaban J connectivity index is 1.39. The van der Waals surface area contributed by atoms with Gasteiger partial charge in [-0.15, -0.1) is 0 Å². The summed E-state index contributed by atoms with van der Waals surface area (Å²) in [7, 11) is 0. The molecule has 1 N–H and O–H groups in total. The molecule has 0 bridgehead atoms. The van der Waals surface area contributed by atoms with E-state index >= 15 is 0 Å². The fourth-order valence-electron chi connectivity index (χ4n) is 6.98. The summed E-state index contributed by atoms with van der Waals surface area (Å²) >= 11 is 0. The first-order valence-electron chi connectivity index (χ1n) is 16.4. The molecule has 0 spiro atoms. The minimum atomic E-state index is 0.132. The first kappa shape index (κ1) is 28.9. The number of hydrogen-bond acceptors (Lipinski definition) is 3. The number of imidazole rings is 1. The topological polar surface area (TPSA) is 42.7 Å². The van der Waals surface area contributed by atoms with Gasteiger partial charge in [0.05, 0.1) is 16.7 Å². The summed E-state index contributed by atoms with van der Waals surface area (Å²) in [6, 6.07) is 22.3. The number of rotatable bonds is 11. The number of aryl methyl sites for hydroxylation is 1. The Kier molecular flexibility index (Phi) is 8.62. The van der Waals surface area contributed by atoms with Gasteiger partial charge in [0.1, 0.15) is 11.3 Å². The fraction of sp³-hybridized carbons (Fsp3) is 0.474. The van der Waals surface area contributed by atoms with Crippen molar-refractivity contribution < 1.29 is 0 Å². The standard InChI is InChI=1S/C38H48N4/c1-5-6-19-35-41-36-34(24-38(2,3)4)40-33-18-12-11-17-32(33)37(36)42(35)26-29-21-20-28(30-15-9-10-16-31(29)30)25-39-23-22-27-13-7-8-14-27/h9-12,15-18,20-21,27,39H,5-8,13-14,19,22-26H2,1-4H3. The molecule has 1 aliphatic carbocycles. The third kappa shape index (κ3) is 6.24. The van der Waals surface area contributed by atoms with Crippen molar-refractivity contribution in [2.75, 3.05) is 6.54 Å². The van der Waals surface area contributed by atoms with Crippen LogP contribution >= 0.6 is 0 Å². The van der Waals surface area contributed by atoms with Gasteiger partial charge in [0.15, 0.2) is 0 Å². The molecule has 0 unspecified atom stereocenters. The molecule has 1 saturated carbocycles. The smallest absolute Gasteiger partial charge is 0.111 e. The molecule has 6 rings (SSSR count). The molecule has 0 aliphatic heterocycles. The molecular formula is C38H48N4. The first-order valence-corrected chi connectivity index (χ1v) is 16.4. The Labute approximate surface area is 252 Å². The lowest BCUT2D eigenvalue weighted by Crippen LogP contribution is -2.17. The van der Waals surface area contributed by atoms with E-state index in [0.29, 0.717) is 0 Å². The SMILES string of the molecule is CCCCc1nc2c(CC(C)(C)C)nc3ccccc3c2n1Cc1ccc(CNCCC2CCCC2)c2ccccc12. The molecule has 220 valence electrons. The number of hydrogen-bond donors (Lipinski definition) is 1. The van der Waals surface area contributed by atoms with Crippen molar-refractivity contribution in [1.29, 1.82) is 0 Å². The van der Waals surface area contributed by atoms with E-state index in [4.69, 9.17) is 9.97 Å². The maximum absolute atomic E-state index is 5.35. The molecule has 5 aromatic rings. The summed E-state index contributed by atoms with van der Waals surface area (Å²) in [4.78, 5) is 10.5. The number of benzene rings is 3. The first-order chi connectivity index (χ1) is 20.4. The van der Waals surface area contributed by atoms with Gasteiger partial charge in [-0.05, 0) is 65.1 Å². The van der Waals surface area contributed by atoms with Gasteiger partial charge in [-0.1, -0.05) is 114 Å². The quantitative estimate of drug-likeness (QED) is 0.164. The van der Waals surface area contributed by atoms with E-state index in [9.17, 15) is 0 Å². The van der Waals surface area contributed by atoms with Crippen LogP contribution in [0.1, 0.15) is 95.3 Å². The van der Waals surface area contributed by atoms with Gasteiger partial charge in [0.25, 0.3) is 0 Å². The van der Waals surface area contributed by atoms with Crippen LogP contribution in [-0.4, -0.2) is 21.1 Å². The summed E-state index contributed by atoms with van der Waals surface area (Å²) in [5, 5.41) is 7.68. The lowest BCUT2D eigenvalue weighted by molar-refractivity contribution is 0.408. The van der Waals surface area contributed by atoms with Gasteiger partial charge in [0.2, 0.25) is 0 Å². The molecule has 4 heteroatoms. The highest BCUT2D eigenvalue weighted by atomic mass is 15.1. The van der Waals surface area contributed by atoms with Crippen LogP contribution in [0.5, 0.6) is 0 Å². The summed E-state index contributed by atoms with van der Waals surface area (Å²) in [5.74, 6) is 2.11. The van der Waals surface area contributed by atoms with Crippen LogP contribution < -0.4 is 5.32 Å². The van der Waals surface area contributed by atoms with E-state index in [1.165, 1.54) is 70.7 Å². The lowest BCUT2D eigenvalue weighted by Gasteiger charge is -2.19. The minimum absolute atomic E-state index is 0.132. The largest absolute Gasteiger partial charge is 0.323 e. The van der Waals surface area contributed by atoms with E-state index in [2.05, 4.69) is 98.2 Å². The monoisotopic (exact) mass is 560 g/mol. The van der Waals surface area contributed by atoms with Gasteiger partial charge >= 0.3 is 0 Å². The number of unbranched alkanes of at least 4 members (excludes halogenated alkanes) is 1. The van der Waals surface area contributed by atoms with Crippen LogP contribution in [0, 0.1) is 11.3 Å². The van der Waals surface area contributed by atoms with Gasteiger partial charge in [-0.25, -0.2) is 4.98 Å². The minimum Gasteiger partial charge on any atom is -0.323 e. The normalized spacial score (nSPS) is 14.6. The number of pyridine rings is 1. The molecule has 0 amide bonds. The Bertz CT molecular complexity index is 1670. The van der Waals surface area contributed by atoms with Crippen molar-refractivity contribution in [2.45, 2.75) is 98.6 Å². The van der Waals surface area contributed by atoms with E-state index in [1.54, 1.807) is 0 Å². The second-order valence-electron chi connectivity index (χ2n) is 13.8. The van der Waals surface area contributed by atoms with Crippen molar-refractivity contribution in [2.24, 2.45) is 11.3 Å². The molecule has 42 heavy (non-hydrogen) atoms. The number of fused-ring (bicyclic) bond motifs is 4. The van der Waals surface area contributed by atoms with Gasteiger partial charge in [-0.3, -0.25) is 4.98 Å². The highest BCUT2D eigenvalue weighted by molar-refractivity contribution is 6.03. The van der Waals surface area contributed by atoms with Crippen LogP contribution in [0.3, 0.4) is 0 Å². The highest BCUT2D eigenvalue weighted by Crippen LogP contribution is 2.33. The number of nitrogens with zero attached hydrogens (tertiary/aromatic N) is 3. The van der Waals surface area contributed by atoms with Crippen LogP contribution in [0.25, 0.3) is 32.7 Å². The summed E-state index contributed by atoms with van der Waals surface area (Å²) < 4.78 is 2.52. The third-order valence-electron chi connectivity index (χ3n) is 9.14. The number of nitrogens with one attached hydrogen (secondary N) is 1. The predicted octanol–water partition coefficient (Wildman–Crippen LogP) is 9.39. The zero-order valence-corrected chi connectivity index (χ0v) is 26.2. The Morgan fingerprint density at radius 2 is 1.55 bits per heavy atom. The zero-order valence-electron chi connectivity index (χ0n) is 26.2.